The van der Waals surface area contributed by atoms with Gasteiger partial charge >= 0.3 is 0 Å². The lowest BCUT2D eigenvalue weighted by Gasteiger charge is -2.36. The number of unbranched alkanes of at least 4 members (excludes halogenated alkanes) is 1. The highest BCUT2D eigenvalue weighted by Crippen LogP contribution is 2.23. The molecule has 0 aromatic heterocycles. The Hall–Kier alpha value is -1.72. The first kappa shape index (κ1) is 20.6. The van der Waals surface area contributed by atoms with Gasteiger partial charge in [-0.05, 0) is 56.5 Å². The van der Waals surface area contributed by atoms with Crippen LogP contribution < -0.4 is 5.32 Å². The summed E-state index contributed by atoms with van der Waals surface area (Å²) >= 11 is 5.53. The Kier molecular flexibility index (Phi) is 8.78. The Morgan fingerprint density at radius 2 is 1.92 bits per heavy atom. The van der Waals surface area contributed by atoms with E-state index in [1.807, 2.05) is 31.2 Å². The van der Waals surface area contributed by atoms with Crippen molar-refractivity contribution in [2.45, 2.75) is 57.9 Å². The summed E-state index contributed by atoms with van der Waals surface area (Å²) < 4.78 is 0. The summed E-state index contributed by atoms with van der Waals surface area (Å²) in [5, 5.41) is 12.4. The molecule has 0 atom stereocenters. The fourth-order valence-corrected chi connectivity index (χ4v) is 3.65. The molecule has 1 aliphatic carbocycles. The number of carbonyl (C=O) groups excluding carboxylic acids is 1. The molecule has 2 rings (SSSR count). The van der Waals surface area contributed by atoms with Gasteiger partial charge in [-0.1, -0.05) is 49.1 Å². The standard InChI is InChI=1S/C21H30N2O2S/c1-17-9-11-18(12-10-17)13-14-20(25)22-21(26)23(15-5-6-16-24)19-7-3-2-4-8-19/h9-14,19,24H,2-8,15-16H2,1H3,(H,22,25,26)/b14-13+. The molecule has 1 amide bonds. The van der Waals surface area contributed by atoms with Gasteiger partial charge in [-0.2, -0.15) is 0 Å². The first-order valence-electron chi connectivity index (χ1n) is 9.57. The van der Waals surface area contributed by atoms with Crippen molar-refractivity contribution in [2.75, 3.05) is 13.2 Å². The van der Waals surface area contributed by atoms with Crippen LogP contribution in [0.1, 0.15) is 56.1 Å². The zero-order chi connectivity index (χ0) is 18.8. The Morgan fingerprint density at radius 3 is 2.58 bits per heavy atom. The van der Waals surface area contributed by atoms with E-state index < -0.39 is 0 Å². The van der Waals surface area contributed by atoms with Gasteiger partial charge in [0.25, 0.3) is 0 Å². The van der Waals surface area contributed by atoms with Crippen LogP contribution >= 0.6 is 12.2 Å². The number of aryl methyl sites for hydroxylation is 1. The largest absolute Gasteiger partial charge is 0.396 e. The van der Waals surface area contributed by atoms with Gasteiger partial charge in [0.05, 0.1) is 0 Å². The summed E-state index contributed by atoms with van der Waals surface area (Å²) in [6, 6.07) is 8.42. The van der Waals surface area contributed by atoms with Gasteiger partial charge in [-0.25, -0.2) is 0 Å². The number of hydrogen-bond acceptors (Lipinski definition) is 3. The maximum atomic E-state index is 12.3. The molecular formula is C21H30N2O2S. The Bertz CT molecular complexity index is 607. The minimum Gasteiger partial charge on any atom is -0.396 e. The number of rotatable bonds is 7. The molecule has 4 nitrogen and oxygen atoms in total. The van der Waals surface area contributed by atoms with Crippen LogP contribution in [0.2, 0.25) is 0 Å². The second-order valence-corrected chi connectivity index (χ2v) is 7.34. The van der Waals surface area contributed by atoms with E-state index in [-0.39, 0.29) is 12.5 Å². The van der Waals surface area contributed by atoms with Gasteiger partial charge in [0.15, 0.2) is 5.11 Å². The number of hydrogen-bond donors (Lipinski definition) is 2. The molecule has 0 radical (unpaired) electrons. The predicted octanol–water partition coefficient (Wildman–Crippen LogP) is 3.82. The van der Waals surface area contributed by atoms with Crippen LogP contribution in [-0.4, -0.2) is 40.2 Å². The van der Waals surface area contributed by atoms with Crippen molar-refractivity contribution in [1.82, 2.24) is 10.2 Å². The van der Waals surface area contributed by atoms with Gasteiger partial charge in [-0.3, -0.25) is 10.1 Å². The molecule has 5 heteroatoms. The molecule has 1 aromatic rings. The molecule has 0 spiro atoms. The van der Waals surface area contributed by atoms with Crippen molar-refractivity contribution >= 4 is 29.3 Å². The van der Waals surface area contributed by atoms with E-state index in [4.69, 9.17) is 17.3 Å². The van der Waals surface area contributed by atoms with Crippen LogP contribution in [0.3, 0.4) is 0 Å². The average Bonchev–Trinajstić information content (AvgIpc) is 2.65. The number of amides is 1. The van der Waals surface area contributed by atoms with Crippen LogP contribution in [0.5, 0.6) is 0 Å². The first-order chi connectivity index (χ1) is 12.6. The molecule has 0 aliphatic heterocycles. The van der Waals surface area contributed by atoms with Crippen molar-refractivity contribution in [3.63, 3.8) is 0 Å². The van der Waals surface area contributed by atoms with Crippen molar-refractivity contribution in [3.05, 3.63) is 41.5 Å². The molecule has 0 bridgehead atoms. The van der Waals surface area contributed by atoms with E-state index >= 15 is 0 Å². The lowest BCUT2D eigenvalue weighted by atomic mass is 9.94. The van der Waals surface area contributed by atoms with E-state index in [2.05, 4.69) is 10.2 Å². The third-order valence-corrected chi connectivity index (χ3v) is 5.15. The SMILES string of the molecule is Cc1ccc(/C=C/C(=O)NC(=S)N(CCCCO)C2CCCCC2)cc1. The molecule has 0 heterocycles. The Morgan fingerprint density at radius 1 is 1.23 bits per heavy atom. The minimum atomic E-state index is -0.196. The zero-order valence-electron chi connectivity index (χ0n) is 15.6. The number of aliphatic hydroxyl groups excluding tert-OH is 1. The van der Waals surface area contributed by atoms with Crippen LogP contribution in [0, 0.1) is 6.92 Å². The van der Waals surface area contributed by atoms with Gasteiger partial charge < -0.3 is 10.0 Å². The number of nitrogens with zero attached hydrogens (tertiary/aromatic N) is 1. The number of carbonyl (C=O) groups is 1. The number of aliphatic hydroxyl groups is 1. The van der Waals surface area contributed by atoms with Gasteiger partial charge in [0.2, 0.25) is 5.91 Å². The van der Waals surface area contributed by atoms with E-state index in [1.165, 1.54) is 30.9 Å². The summed E-state index contributed by atoms with van der Waals surface area (Å²) in [4.78, 5) is 14.4. The van der Waals surface area contributed by atoms with E-state index in [1.54, 1.807) is 6.08 Å². The smallest absolute Gasteiger partial charge is 0.250 e. The molecule has 1 aliphatic rings. The summed E-state index contributed by atoms with van der Waals surface area (Å²) in [6.07, 6.45) is 10.9. The molecule has 0 saturated heterocycles. The highest BCUT2D eigenvalue weighted by atomic mass is 32.1. The molecule has 1 saturated carbocycles. The summed E-state index contributed by atoms with van der Waals surface area (Å²) in [5.74, 6) is -0.196. The summed E-state index contributed by atoms with van der Waals surface area (Å²) in [5.41, 5.74) is 2.18. The molecule has 0 unspecified atom stereocenters. The third-order valence-electron chi connectivity index (χ3n) is 4.82. The molecular weight excluding hydrogens is 344 g/mol. The van der Waals surface area contributed by atoms with Crippen LogP contribution in [-0.2, 0) is 4.79 Å². The molecule has 1 aromatic carbocycles. The van der Waals surface area contributed by atoms with Gasteiger partial charge in [0.1, 0.15) is 0 Å². The fraction of sp³-hybridized carbons (Fsp3) is 0.524. The van der Waals surface area contributed by atoms with E-state index in [9.17, 15) is 4.79 Å². The van der Waals surface area contributed by atoms with Crippen molar-refractivity contribution in [3.8, 4) is 0 Å². The highest BCUT2D eigenvalue weighted by Gasteiger charge is 2.23. The van der Waals surface area contributed by atoms with Gasteiger partial charge in [-0.15, -0.1) is 0 Å². The lowest BCUT2D eigenvalue weighted by Crippen LogP contribution is -2.48. The first-order valence-corrected chi connectivity index (χ1v) is 9.98. The second kappa shape index (κ2) is 11.1. The van der Waals surface area contributed by atoms with Crippen molar-refractivity contribution < 1.29 is 9.90 Å². The van der Waals surface area contributed by atoms with E-state index in [0.717, 1.165) is 37.8 Å². The zero-order valence-corrected chi connectivity index (χ0v) is 16.4. The molecule has 142 valence electrons. The Labute approximate surface area is 162 Å². The maximum Gasteiger partial charge on any atom is 0.250 e. The number of nitrogens with one attached hydrogen (secondary N) is 1. The molecule has 26 heavy (non-hydrogen) atoms. The van der Waals surface area contributed by atoms with Gasteiger partial charge in [0, 0.05) is 25.3 Å². The van der Waals surface area contributed by atoms with Crippen molar-refractivity contribution in [2.24, 2.45) is 0 Å². The summed E-state index contributed by atoms with van der Waals surface area (Å²) in [7, 11) is 0. The maximum absolute atomic E-state index is 12.3. The lowest BCUT2D eigenvalue weighted by molar-refractivity contribution is -0.115. The van der Waals surface area contributed by atoms with Crippen molar-refractivity contribution in [1.29, 1.82) is 0 Å². The topological polar surface area (TPSA) is 52.6 Å². The van der Waals surface area contributed by atoms with Crippen LogP contribution in [0.15, 0.2) is 30.3 Å². The Balaban J connectivity index is 1.93. The molecule has 2 N–H and O–H groups in total. The predicted molar refractivity (Wildman–Crippen MR) is 111 cm³/mol. The third kappa shape index (κ3) is 6.89. The number of thiocarbonyl (C=S) groups is 1. The van der Waals surface area contributed by atoms with E-state index in [0.29, 0.717) is 11.2 Å². The monoisotopic (exact) mass is 374 g/mol. The normalized spacial score (nSPS) is 15.2. The fourth-order valence-electron chi connectivity index (χ4n) is 3.30. The average molecular weight is 375 g/mol. The molecule has 1 fully saturated rings. The quantitative estimate of drug-likeness (QED) is 0.433. The second-order valence-electron chi connectivity index (χ2n) is 6.95. The highest BCUT2D eigenvalue weighted by molar-refractivity contribution is 7.80. The minimum absolute atomic E-state index is 0.191. The van der Waals surface area contributed by atoms with Crippen LogP contribution in [0.4, 0.5) is 0 Å². The number of benzene rings is 1. The van der Waals surface area contributed by atoms with Crippen LogP contribution in [0.25, 0.3) is 6.08 Å². The summed E-state index contributed by atoms with van der Waals surface area (Å²) in [6.45, 7) is 3.01.